The Bertz CT molecular complexity index is 497. The molecular formula is C12H16ClNO3S. The maximum atomic E-state index is 12.2. The van der Waals surface area contributed by atoms with Crippen LogP contribution in [0.25, 0.3) is 0 Å². The van der Waals surface area contributed by atoms with E-state index in [1.165, 1.54) is 4.31 Å². The van der Waals surface area contributed by atoms with Gasteiger partial charge in [0.15, 0.2) is 0 Å². The number of halogens is 1. The van der Waals surface area contributed by atoms with Gasteiger partial charge in [-0.05, 0) is 37.1 Å². The molecule has 2 rings (SSSR count). The van der Waals surface area contributed by atoms with Gasteiger partial charge in [0.25, 0.3) is 0 Å². The van der Waals surface area contributed by atoms with Gasteiger partial charge in [0.05, 0.1) is 10.8 Å². The lowest BCUT2D eigenvalue weighted by atomic mass is 10.3. The summed E-state index contributed by atoms with van der Waals surface area (Å²) < 4.78 is 31.2. The number of ether oxygens (including phenoxy) is 1. The summed E-state index contributed by atoms with van der Waals surface area (Å²) in [6, 6.07) is 6.61. The summed E-state index contributed by atoms with van der Waals surface area (Å²) in [6.45, 7) is 0.412. The maximum Gasteiger partial charge on any atom is 0.243 e. The monoisotopic (exact) mass is 289 g/mol. The van der Waals surface area contributed by atoms with Gasteiger partial charge >= 0.3 is 0 Å². The molecule has 1 aromatic carbocycles. The van der Waals surface area contributed by atoms with E-state index in [0.717, 1.165) is 12.8 Å². The van der Waals surface area contributed by atoms with Gasteiger partial charge < -0.3 is 4.74 Å². The Morgan fingerprint density at radius 2 is 1.94 bits per heavy atom. The highest BCUT2D eigenvalue weighted by Gasteiger charge is 2.34. The second-order valence-corrected chi connectivity index (χ2v) is 6.64. The Morgan fingerprint density at radius 3 is 2.44 bits per heavy atom. The van der Waals surface area contributed by atoms with Gasteiger partial charge in [-0.15, -0.1) is 11.6 Å². The lowest BCUT2D eigenvalue weighted by Gasteiger charge is -2.16. The van der Waals surface area contributed by atoms with E-state index in [0.29, 0.717) is 23.1 Å². The standard InChI is InChI=1S/C12H16ClNO3S/c1-14(10-2-3-10)18(15,16)12-6-4-11(5-7-12)17-9-8-13/h4-7,10H,2-3,8-9H2,1H3. The molecule has 1 fully saturated rings. The molecule has 1 aliphatic carbocycles. The van der Waals surface area contributed by atoms with Crippen LogP contribution >= 0.6 is 11.6 Å². The largest absolute Gasteiger partial charge is 0.492 e. The van der Waals surface area contributed by atoms with Crippen LogP contribution in [0.2, 0.25) is 0 Å². The van der Waals surface area contributed by atoms with Crippen LogP contribution in [0, 0.1) is 0 Å². The summed E-state index contributed by atoms with van der Waals surface area (Å²) in [4.78, 5) is 0.301. The van der Waals surface area contributed by atoms with E-state index in [1.54, 1.807) is 31.3 Å². The molecule has 1 saturated carbocycles. The van der Waals surface area contributed by atoms with E-state index in [1.807, 2.05) is 0 Å². The predicted octanol–water partition coefficient (Wildman–Crippen LogP) is 2.09. The zero-order valence-corrected chi connectivity index (χ0v) is 11.7. The summed E-state index contributed by atoms with van der Waals surface area (Å²) in [7, 11) is -1.73. The molecule has 6 heteroatoms. The zero-order valence-electron chi connectivity index (χ0n) is 10.2. The van der Waals surface area contributed by atoms with Crippen molar-refractivity contribution < 1.29 is 13.2 Å². The van der Waals surface area contributed by atoms with Crippen molar-refractivity contribution in [2.45, 2.75) is 23.8 Å². The SMILES string of the molecule is CN(C1CC1)S(=O)(=O)c1ccc(OCCCl)cc1. The Balaban J connectivity index is 2.13. The number of hydrogen-bond acceptors (Lipinski definition) is 3. The first-order valence-electron chi connectivity index (χ1n) is 5.82. The molecule has 0 N–H and O–H groups in total. The second-order valence-electron chi connectivity index (χ2n) is 4.26. The fourth-order valence-electron chi connectivity index (χ4n) is 1.66. The van der Waals surface area contributed by atoms with Gasteiger partial charge in [0, 0.05) is 13.1 Å². The highest BCUT2D eigenvalue weighted by atomic mass is 35.5. The van der Waals surface area contributed by atoms with Gasteiger partial charge in [-0.1, -0.05) is 0 Å². The van der Waals surface area contributed by atoms with Crippen molar-refractivity contribution in [1.82, 2.24) is 4.31 Å². The fourth-order valence-corrected chi connectivity index (χ4v) is 3.16. The average Bonchev–Trinajstić information content (AvgIpc) is 3.20. The zero-order chi connectivity index (χ0) is 13.2. The molecule has 0 heterocycles. The summed E-state index contributed by atoms with van der Waals surface area (Å²) in [5.41, 5.74) is 0. The molecule has 0 unspecified atom stereocenters. The third-order valence-electron chi connectivity index (χ3n) is 2.91. The first kappa shape index (κ1) is 13.6. The molecule has 1 aliphatic rings. The van der Waals surface area contributed by atoms with Crippen LogP contribution in [0.4, 0.5) is 0 Å². The van der Waals surface area contributed by atoms with E-state index in [4.69, 9.17) is 16.3 Å². The van der Waals surface area contributed by atoms with Crippen LogP contribution in [0.15, 0.2) is 29.2 Å². The summed E-state index contributed by atoms with van der Waals surface area (Å²) >= 11 is 5.51. The minimum Gasteiger partial charge on any atom is -0.492 e. The average molecular weight is 290 g/mol. The van der Waals surface area contributed by atoms with Gasteiger partial charge in [-0.3, -0.25) is 0 Å². The Morgan fingerprint density at radius 1 is 1.33 bits per heavy atom. The highest BCUT2D eigenvalue weighted by molar-refractivity contribution is 7.89. The van der Waals surface area contributed by atoms with E-state index in [-0.39, 0.29) is 6.04 Å². The van der Waals surface area contributed by atoms with Crippen LogP contribution in [-0.2, 0) is 10.0 Å². The number of rotatable bonds is 6. The van der Waals surface area contributed by atoms with Crippen molar-refractivity contribution in [3.63, 3.8) is 0 Å². The van der Waals surface area contributed by atoms with Gasteiger partial charge in [0.2, 0.25) is 10.0 Å². The third-order valence-corrected chi connectivity index (χ3v) is 4.99. The molecule has 0 aromatic heterocycles. The molecule has 0 bridgehead atoms. The number of sulfonamides is 1. The van der Waals surface area contributed by atoms with E-state index in [2.05, 4.69) is 0 Å². The fraction of sp³-hybridized carbons (Fsp3) is 0.500. The minimum absolute atomic E-state index is 0.169. The van der Waals surface area contributed by atoms with Crippen LogP contribution in [-0.4, -0.2) is 38.3 Å². The summed E-state index contributed by atoms with van der Waals surface area (Å²) in [6.07, 6.45) is 1.90. The summed E-state index contributed by atoms with van der Waals surface area (Å²) in [5, 5.41) is 0. The van der Waals surface area contributed by atoms with Crippen molar-refractivity contribution in [2.75, 3.05) is 19.5 Å². The first-order valence-corrected chi connectivity index (χ1v) is 7.80. The Labute approximate surface area is 113 Å². The second kappa shape index (κ2) is 5.47. The number of nitrogens with zero attached hydrogens (tertiary/aromatic N) is 1. The summed E-state index contributed by atoms with van der Waals surface area (Å²) in [5.74, 6) is 1.04. The van der Waals surface area contributed by atoms with Crippen LogP contribution < -0.4 is 4.74 Å². The van der Waals surface area contributed by atoms with E-state index < -0.39 is 10.0 Å². The molecule has 18 heavy (non-hydrogen) atoms. The number of hydrogen-bond donors (Lipinski definition) is 0. The Hall–Kier alpha value is -0.780. The van der Waals surface area contributed by atoms with Gasteiger partial charge in [0.1, 0.15) is 12.4 Å². The molecule has 100 valence electrons. The maximum absolute atomic E-state index is 12.2. The first-order chi connectivity index (χ1) is 8.55. The van der Waals surface area contributed by atoms with Crippen molar-refractivity contribution in [3.8, 4) is 5.75 Å². The van der Waals surface area contributed by atoms with E-state index >= 15 is 0 Å². The van der Waals surface area contributed by atoms with Gasteiger partial charge in [-0.25, -0.2) is 8.42 Å². The smallest absolute Gasteiger partial charge is 0.243 e. The minimum atomic E-state index is -3.36. The molecule has 4 nitrogen and oxygen atoms in total. The van der Waals surface area contributed by atoms with Crippen LogP contribution in [0.1, 0.15) is 12.8 Å². The van der Waals surface area contributed by atoms with Crippen molar-refractivity contribution >= 4 is 21.6 Å². The molecule has 0 atom stereocenters. The predicted molar refractivity (Wildman–Crippen MR) is 70.6 cm³/mol. The highest BCUT2D eigenvalue weighted by Crippen LogP contribution is 2.30. The topological polar surface area (TPSA) is 46.6 Å². The van der Waals surface area contributed by atoms with Crippen molar-refractivity contribution in [3.05, 3.63) is 24.3 Å². The van der Waals surface area contributed by atoms with E-state index in [9.17, 15) is 8.42 Å². The quantitative estimate of drug-likeness (QED) is 0.753. The number of alkyl halides is 1. The molecule has 0 saturated heterocycles. The van der Waals surface area contributed by atoms with Crippen LogP contribution in [0.3, 0.4) is 0 Å². The molecular weight excluding hydrogens is 274 g/mol. The molecule has 0 radical (unpaired) electrons. The van der Waals surface area contributed by atoms with Crippen molar-refractivity contribution in [2.24, 2.45) is 0 Å². The Kier molecular flexibility index (Phi) is 4.14. The molecule has 0 amide bonds. The van der Waals surface area contributed by atoms with Gasteiger partial charge in [-0.2, -0.15) is 4.31 Å². The molecule has 0 aliphatic heterocycles. The normalized spacial score (nSPS) is 15.9. The van der Waals surface area contributed by atoms with Crippen LogP contribution in [0.5, 0.6) is 5.75 Å². The molecule has 1 aromatic rings. The lowest BCUT2D eigenvalue weighted by Crippen LogP contribution is -2.28. The van der Waals surface area contributed by atoms with Crippen molar-refractivity contribution in [1.29, 1.82) is 0 Å². The molecule has 0 spiro atoms. The lowest BCUT2D eigenvalue weighted by molar-refractivity contribution is 0.342. The number of benzene rings is 1. The third kappa shape index (κ3) is 2.96.